The lowest BCUT2D eigenvalue weighted by atomic mass is 9.77. The summed E-state index contributed by atoms with van der Waals surface area (Å²) in [5.74, 6) is 2.64. The van der Waals surface area contributed by atoms with Crippen LogP contribution in [0.4, 0.5) is 0 Å². The Hall–Kier alpha value is 0. The molecule has 1 fully saturated rings. The second-order valence-electron chi connectivity index (χ2n) is 2.29. The first-order chi connectivity index (χ1) is 2.80. The number of hydrogen-bond donors (Lipinski definition) is 0. The summed E-state index contributed by atoms with van der Waals surface area (Å²) < 4.78 is 0. The third kappa shape index (κ3) is 0.444. The van der Waals surface area contributed by atoms with Gasteiger partial charge < -0.3 is 0 Å². The predicted molar refractivity (Wildman–Crippen MR) is 27.3 cm³/mol. The molecule has 0 heteroatoms. The maximum Gasteiger partial charge on any atom is -0.0244 e. The van der Waals surface area contributed by atoms with Crippen molar-refractivity contribution >= 4 is 0 Å². The zero-order chi connectivity index (χ0) is 4.57. The minimum absolute atomic E-state index is 0.949. The number of hydrogen-bond acceptors (Lipinski definition) is 0. The molecule has 0 aromatic rings. The molecule has 1 aliphatic rings. The maximum absolute atomic E-state index is 2.29. The molecule has 0 heterocycles. The summed E-state index contributed by atoms with van der Waals surface area (Å²) in [6.07, 6.45) is 2.83. The van der Waals surface area contributed by atoms with E-state index in [1.807, 2.05) is 0 Å². The Morgan fingerprint density at radius 1 is 1.67 bits per heavy atom. The number of rotatable bonds is 0. The summed E-state index contributed by atoms with van der Waals surface area (Å²) in [5.41, 5.74) is 0. The quantitative estimate of drug-likeness (QED) is 0.420. The van der Waals surface area contributed by atoms with Gasteiger partial charge in [-0.05, 0) is 24.7 Å². The first-order valence-electron chi connectivity index (χ1n) is 2.63. The minimum atomic E-state index is 0.949. The molecule has 0 nitrogen and oxygen atoms in total. The average Bonchev–Trinajstić information content (AvgIpc) is 1.61. The summed E-state index contributed by atoms with van der Waals surface area (Å²) in [6.45, 7) is 4.53. The summed E-state index contributed by atoms with van der Waals surface area (Å²) in [7, 11) is 0. The van der Waals surface area contributed by atoms with Crippen LogP contribution in [0.25, 0.3) is 0 Å². The SMILES string of the molecule is C[C]1CCC1C. The lowest BCUT2D eigenvalue weighted by Crippen LogP contribution is -2.16. The van der Waals surface area contributed by atoms with Crippen LogP contribution in [0.3, 0.4) is 0 Å². The first kappa shape index (κ1) is 4.17. The van der Waals surface area contributed by atoms with Crippen molar-refractivity contribution in [3.8, 4) is 0 Å². The van der Waals surface area contributed by atoms with Gasteiger partial charge in [0, 0.05) is 0 Å². The van der Waals surface area contributed by atoms with Gasteiger partial charge >= 0.3 is 0 Å². The molecule has 0 saturated heterocycles. The Balaban J connectivity index is 2.20. The van der Waals surface area contributed by atoms with Crippen LogP contribution in [-0.2, 0) is 0 Å². The largest absolute Gasteiger partial charge is 0.0620 e. The lowest BCUT2D eigenvalue weighted by Gasteiger charge is -2.29. The van der Waals surface area contributed by atoms with Gasteiger partial charge in [-0.1, -0.05) is 13.8 Å². The van der Waals surface area contributed by atoms with Crippen LogP contribution >= 0.6 is 0 Å². The molecule has 0 amide bonds. The van der Waals surface area contributed by atoms with Gasteiger partial charge in [0.1, 0.15) is 0 Å². The average molecular weight is 83.2 g/mol. The Morgan fingerprint density at radius 2 is 2.17 bits per heavy atom. The molecular weight excluding hydrogens is 72.1 g/mol. The molecule has 35 valence electrons. The predicted octanol–water partition coefficient (Wildman–Crippen LogP) is 2.01. The van der Waals surface area contributed by atoms with Crippen molar-refractivity contribution < 1.29 is 0 Å². The Bertz CT molecular complexity index is 40.0. The van der Waals surface area contributed by atoms with Gasteiger partial charge in [-0.2, -0.15) is 0 Å². The second kappa shape index (κ2) is 1.25. The molecule has 0 aromatic heterocycles. The maximum atomic E-state index is 2.29. The topological polar surface area (TPSA) is 0 Å². The molecule has 0 spiro atoms. The molecule has 0 aromatic carbocycles. The zero-order valence-electron chi connectivity index (χ0n) is 4.49. The normalized spacial score (nSPS) is 36.0. The molecular formula is C6H11. The van der Waals surface area contributed by atoms with Crippen molar-refractivity contribution in [1.29, 1.82) is 0 Å². The molecule has 6 heavy (non-hydrogen) atoms. The van der Waals surface area contributed by atoms with Crippen LogP contribution in [-0.4, -0.2) is 0 Å². The lowest BCUT2D eigenvalue weighted by molar-refractivity contribution is 0.398. The molecule has 1 radical (unpaired) electrons. The van der Waals surface area contributed by atoms with Gasteiger partial charge in [-0.15, -0.1) is 0 Å². The van der Waals surface area contributed by atoms with Crippen LogP contribution in [0.5, 0.6) is 0 Å². The van der Waals surface area contributed by atoms with Gasteiger partial charge in [-0.25, -0.2) is 0 Å². The second-order valence-corrected chi connectivity index (χ2v) is 2.29. The van der Waals surface area contributed by atoms with Gasteiger partial charge in [0.05, 0.1) is 0 Å². The Kier molecular flexibility index (Phi) is 0.868. The molecule has 1 saturated carbocycles. The fourth-order valence-electron chi connectivity index (χ4n) is 0.722. The molecule has 1 unspecified atom stereocenters. The van der Waals surface area contributed by atoms with E-state index in [2.05, 4.69) is 13.8 Å². The fraction of sp³-hybridized carbons (Fsp3) is 0.833. The summed E-state index contributed by atoms with van der Waals surface area (Å²) in [5, 5.41) is 0. The Labute approximate surface area is 39.6 Å². The van der Waals surface area contributed by atoms with Crippen molar-refractivity contribution in [3.63, 3.8) is 0 Å². The van der Waals surface area contributed by atoms with Gasteiger partial charge in [-0.3, -0.25) is 0 Å². The highest BCUT2D eigenvalue weighted by atomic mass is 14.3. The van der Waals surface area contributed by atoms with Gasteiger partial charge in [0.25, 0.3) is 0 Å². The van der Waals surface area contributed by atoms with E-state index >= 15 is 0 Å². The molecule has 1 aliphatic carbocycles. The van der Waals surface area contributed by atoms with Crippen LogP contribution in [0.1, 0.15) is 26.7 Å². The van der Waals surface area contributed by atoms with E-state index in [4.69, 9.17) is 0 Å². The molecule has 0 aliphatic heterocycles. The highest BCUT2D eigenvalue weighted by Gasteiger charge is 2.21. The van der Waals surface area contributed by atoms with Gasteiger partial charge in [0.15, 0.2) is 0 Å². The van der Waals surface area contributed by atoms with Crippen LogP contribution in [0.2, 0.25) is 0 Å². The minimum Gasteiger partial charge on any atom is -0.0620 e. The molecule has 0 N–H and O–H groups in total. The fourth-order valence-corrected chi connectivity index (χ4v) is 0.722. The van der Waals surface area contributed by atoms with E-state index in [0.717, 1.165) is 5.92 Å². The van der Waals surface area contributed by atoms with Crippen molar-refractivity contribution in [2.75, 3.05) is 0 Å². The Morgan fingerprint density at radius 3 is 2.17 bits per heavy atom. The van der Waals surface area contributed by atoms with Crippen LogP contribution in [0.15, 0.2) is 0 Å². The standard InChI is InChI=1S/C6H11/c1-5-3-4-6(5)2/h5H,3-4H2,1-2H3. The highest BCUT2D eigenvalue weighted by molar-refractivity contribution is 4.99. The van der Waals surface area contributed by atoms with Crippen molar-refractivity contribution in [2.45, 2.75) is 26.7 Å². The van der Waals surface area contributed by atoms with E-state index in [9.17, 15) is 0 Å². The summed E-state index contributed by atoms with van der Waals surface area (Å²) in [6, 6.07) is 0. The van der Waals surface area contributed by atoms with E-state index in [1.54, 1.807) is 5.92 Å². The summed E-state index contributed by atoms with van der Waals surface area (Å²) >= 11 is 0. The van der Waals surface area contributed by atoms with Gasteiger partial charge in [0.2, 0.25) is 0 Å². The summed E-state index contributed by atoms with van der Waals surface area (Å²) in [4.78, 5) is 0. The first-order valence-corrected chi connectivity index (χ1v) is 2.63. The molecule has 0 bridgehead atoms. The van der Waals surface area contributed by atoms with E-state index in [1.165, 1.54) is 12.8 Å². The smallest absolute Gasteiger partial charge is 0.0244 e. The van der Waals surface area contributed by atoms with E-state index in [0.29, 0.717) is 0 Å². The molecule has 1 rings (SSSR count). The van der Waals surface area contributed by atoms with Crippen LogP contribution in [0, 0.1) is 11.8 Å². The third-order valence-corrected chi connectivity index (χ3v) is 1.81. The van der Waals surface area contributed by atoms with Crippen LogP contribution < -0.4 is 0 Å². The van der Waals surface area contributed by atoms with E-state index in [-0.39, 0.29) is 0 Å². The third-order valence-electron chi connectivity index (χ3n) is 1.81. The van der Waals surface area contributed by atoms with Crippen molar-refractivity contribution in [3.05, 3.63) is 5.92 Å². The monoisotopic (exact) mass is 83.1 g/mol. The van der Waals surface area contributed by atoms with Crippen molar-refractivity contribution in [2.24, 2.45) is 5.92 Å². The molecule has 1 atom stereocenters. The zero-order valence-corrected chi connectivity index (χ0v) is 4.49. The van der Waals surface area contributed by atoms with Crippen molar-refractivity contribution in [1.82, 2.24) is 0 Å². The van der Waals surface area contributed by atoms with E-state index < -0.39 is 0 Å². The highest BCUT2D eigenvalue weighted by Crippen LogP contribution is 2.34.